The fraction of sp³-hybridized carbons (Fsp3) is 0.462. The monoisotopic (exact) mass is 300 g/mol. The highest BCUT2D eigenvalue weighted by Crippen LogP contribution is 2.19. The van der Waals surface area contributed by atoms with Crippen LogP contribution in [0.1, 0.15) is 12.0 Å². The Bertz CT molecular complexity index is 562. The SMILES string of the molecule is O=C1CC(S(=O)(=O)F)CN1CCNCc1ccccc1. The molecule has 0 aromatic heterocycles. The number of hydrogen-bond donors (Lipinski definition) is 1. The van der Waals surface area contributed by atoms with Crippen LogP contribution in [0.3, 0.4) is 0 Å². The van der Waals surface area contributed by atoms with Crippen molar-refractivity contribution in [1.29, 1.82) is 0 Å². The van der Waals surface area contributed by atoms with Gasteiger partial charge >= 0.3 is 10.2 Å². The first-order valence-corrected chi connectivity index (χ1v) is 7.87. The van der Waals surface area contributed by atoms with Crippen LogP contribution in [-0.4, -0.2) is 44.1 Å². The van der Waals surface area contributed by atoms with Crippen molar-refractivity contribution in [3.05, 3.63) is 35.9 Å². The lowest BCUT2D eigenvalue weighted by molar-refractivity contribution is -0.127. The maximum atomic E-state index is 12.8. The molecule has 1 fully saturated rings. The zero-order chi connectivity index (χ0) is 14.6. The predicted molar refractivity (Wildman–Crippen MR) is 73.2 cm³/mol. The highest BCUT2D eigenvalue weighted by atomic mass is 32.3. The fourth-order valence-corrected chi connectivity index (χ4v) is 2.88. The lowest BCUT2D eigenvalue weighted by Crippen LogP contribution is -2.34. The summed E-state index contributed by atoms with van der Waals surface area (Å²) in [5.74, 6) is -0.308. The maximum Gasteiger partial charge on any atom is 0.307 e. The lowest BCUT2D eigenvalue weighted by atomic mass is 10.2. The van der Waals surface area contributed by atoms with Gasteiger partial charge in [-0.3, -0.25) is 4.79 Å². The summed E-state index contributed by atoms with van der Waals surface area (Å²) in [6.45, 7) is 1.55. The van der Waals surface area contributed by atoms with Crippen LogP contribution < -0.4 is 5.32 Å². The Morgan fingerprint density at radius 3 is 2.60 bits per heavy atom. The van der Waals surface area contributed by atoms with Gasteiger partial charge in [0, 0.05) is 32.6 Å². The van der Waals surface area contributed by atoms with Gasteiger partial charge in [0.25, 0.3) is 0 Å². The van der Waals surface area contributed by atoms with Crippen LogP contribution in [0.15, 0.2) is 30.3 Å². The van der Waals surface area contributed by atoms with Crippen molar-refractivity contribution in [1.82, 2.24) is 10.2 Å². The third-order valence-electron chi connectivity index (χ3n) is 3.31. The molecule has 1 N–H and O–H groups in total. The Balaban J connectivity index is 1.74. The van der Waals surface area contributed by atoms with Crippen LogP contribution in [0.5, 0.6) is 0 Å². The van der Waals surface area contributed by atoms with E-state index in [9.17, 15) is 17.1 Å². The van der Waals surface area contributed by atoms with Gasteiger partial charge in [0.2, 0.25) is 5.91 Å². The van der Waals surface area contributed by atoms with E-state index in [2.05, 4.69) is 5.32 Å². The summed E-state index contributed by atoms with van der Waals surface area (Å²) >= 11 is 0. The Hall–Kier alpha value is -1.47. The number of amides is 1. The summed E-state index contributed by atoms with van der Waals surface area (Å²) in [6.07, 6.45) is -0.252. The third-order valence-corrected chi connectivity index (χ3v) is 4.42. The zero-order valence-corrected chi connectivity index (χ0v) is 11.8. The van der Waals surface area contributed by atoms with E-state index in [0.29, 0.717) is 19.6 Å². The Labute approximate surface area is 118 Å². The molecular weight excluding hydrogens is 283 g/mol. The smallest absolute Gasteiger partial charge is 0.307 e. The fourth-order valence-electron chi connectivity index (χ4n) is 2.18. The second-order valence-electron chi connectivity index (χ2n) is 4.80. The molecule has 0 spiro atoms. The summed E-state index contributed by atoms with van der Waals surface area (Å²) in [4.78, 5) is 13.0. The van der Waals surface area contributed by atoms with E-state index in [0.717, 1.165) is 5.56 Å². The lowest BCUT2D eigenvalue weighted by Gasteiger charge is -2.16. The zero-order valence-electron chi connectivity index (χ0n) is 11.0. The molecule has 1 aromatic rings. The minimum absolute atomic E-state index is 0.0509. The molecule has 0 aliphatic carbocycles. The van der Waals surface area contributed by atoms with Gasteiger partial charge in [-0.2, -0.15) is 8.42 Å². The van der Waals surface area contributed by atoms with Crippen LogP contribution in [0.4, 0.5) is 3.89 Å². The second-order valence-corrected chi connectivity index (χ2v) is 6.42. The molecule has 1 unspecified atom stereocenters. The van der Waals surface area contributed by atoms with Crippen molar-refractivity contribution >= 4 is 16.1 Å². The van der Waals surface area contributed by atoms with Gasteiger partial charge in [-0.05, 0) is 5.56 Å². The first kappa shape index (κ1) is 14.9. The molecule has 2 rings (SSSR count). The van der Waals surface area contributed by atoms with Crippen molar-refractivity contribution in [2.75, 3.05) is 19.6 Å². The van der Waals surface area contributed by atoms with Gasteiger partial charge in [-0.15, -0.1) is 3.89 Å². The Kier molecular flexibility index (Phi) is 4.72. The van der Waals surface area contributed by atoms with Crippen LogP contribution >= 0.6 is 0 Å². The summed E-state index contributed by atoms with van der Waals surface area (Å²) < 4.78 is 34.4. The first-order valence-electron chi connectivity index (χ1n) is 6.42. The number of rotatable bonds is 6. The predicted octanol–water partition coefficient (Wildman–Crippen LogP) is 0.676. The summed E-state index contributed by atoms with van der Waals surface area (Å²) in [5.41, 5.74) is 1.13. The number of carbonyl (C=O) groups is 1. The van der Waals surface area contributed by atoms with E-state index in [1.54, 1.807) is 0 Å². The molecule has 0 radical (unpaired) electrons. The topological polar surface area (TPSA) is 66.5 Å². The van der Waals surface area contributed by atoms with Crippen molar-refractivity contribution < 1.29 is 17.1 Å². The molecule has 0 saturated carbocycles. The molecule has 110 valence electrons. The quantitative estimate of drug-likeness (QED) is 0.619. The molecule has 0 bridgehead atoms. The van der Waals surface area contributed by atoms with Gasteiger partial charge < -0.3 is 10.2 Å². The molecule has 1 aliphatic heterocycles. The van der Waals surface area contributed by atoms with Gasteiger partial charge in [-0.25, -0.2) is 0 Å². The van der Waals surface area contributed by atoms with Crippen LogP contribution in [-0.2, 0) is 21.6 Å². The van der Waals surface area contributed by atoms with Crippen molar-refractivity contribution in [2.24, 2.45) is 0 Å². The van der Waals surface area contributed by atoms with Gasteiger partial charge in [0.05, 0.1) is 0 Å². The molecule has 1 aliphatic rings. The Morgan fingerprint density at radius 2 is 2.00 bits per heavy atom. The first-order chi connectivity index (χ1) is 9.47. The summed E-state index contributed by atoms with van der Waals surface area (Å²) in [7, 11) is -4.62. The molecule has 20 heavy (non-hydrogen) atoms. The van der Waals surface area contributed by atoms with Crippen molar-refractivity contribution in [3.8, 4) is 0 Å². The normalized spacial score (nSPS) is 19.6. The van der Waals surface area contributed by atoms with Gasteiger partial charge in [0.1, 0.15) is 5.25 Å². The molecule has 5 nitrogen and oxygen atoms in total. The highest BCUT2D eigenvalue weighted by Gasteiger charge is 2.37. The van der Waals surface area contributed by atoms with E-state index in [1.807, 2.05) is 30.3 Å². The summed E-state index contributed by atoms with van der Waals surface area (Å²) in [5, 5.41) is 1.96. The number of nitrogens with zero attached hydrogens (tertiary/aromatic N) is 1. The largest absolute Gasteiger partial charge is 0.340 e. The van der Waals surface area contributed by atoms with Gasteiger partial charge in [-0.1, -0.05) is 30.3 Å². The average Bonchev–Trinajstić information content (AvgIpc) is 2.77. The molecule has 1 atom stereocenters. The van der Waals surface area contributed by atoms with Crippen LogP contribution in [0.2, 0.25) is 0 Å². The van der Waals surface area contributed by atoms with E-state index >= 15 is 0 Å². The Morgan fingerprint density at radius 1 is 1.30 bits per heavy atom. The maximum absolute atomic E-state index is 12.8. The number of likely N-dealkylation sites (tertiary alicyclic amines) is 1. The number of nitrogens with one attached hydrogen (secondary N) is 1. The van der Waals surface area contributed by atoms with Crippen LogP contribution in [0.25, 0.3) is 0 Å². The molecule has 1 saturated heterocycles. The summed E-state index contributed by atoms with van der Waals surface area (Å²) in [6, 6.07) is 9.79. The molecular formula is C13H17FN2O3S. The minimum atomic E-state index is -4.62. The van der Waals surface area contributed by atoms with E-state index < -0.39 is 15.5 Å². The number of carbonyl (C=O) groups excluding carboxylic acids is 1. The number of hydrogen-bond acceptors (Lipinski definition) is 4. The number of benzene rings is 1. The standard InChI is InChI=1S/C13H17FN2O3S/c14-20(18,19)12-8-13(17)16(10-12)7-6-15-9-11-4-2-1-3-5-11/h1-5,12,15H,6-10H2. The van der Waals surface area contributed by atoms with Gasteiger partial charge in [0.15, 0.2) is 0 Å². The van der Waals surface area contributed by atoms with Crippen molar-refractivity contribution in [3.63, 3.8) is 0 Å². The average molecular weight is 300 g/mol. The van der Waals surface area contributed by atoms with E-state index in [1.165, 1.54) is 4.90 Å². The van der Waals surface area contributed by atoms with E-state index in [-0.39, 0.29) is 18.9 Å². The number of halogens is 1. The molecule has 1 aromatic carbocycles. The molecule has 1 amide bonds. The highest BCUT2D eigenvalue weighted by molar-refractivity contribution is 7.87. The molecule has 7 heteroatoms. The molecule has 1 heterocycles. The van der Waals surface area contributed by atoms with E-state index in [4.69, 9.17) is 0 Å². The van der Waals surface area contributed by atoms with Crippen molar-refractivity contribution in [2.45, 2.75) is 18.2 Å². The second kappa shape index (κ2) is 6.32. The third kappa shape index (κ3) is 4.01. The van der Waals surface area contributed by atoms with Crippen LogP contribution in [0, 0.1) is 0 Å². The minimum Gasteiger partial charge on any atom is -0.340 e.